The second kappa shape index (κ2) is 8.63. The Morgan fingerprint density at radius 3 is 1.71 bits per heavy atom. The van der Waals surface area contributed by atoms with Crippen LogP contribution in [0.15, 0.2) is 0 Å². The molecule has 0 bridgehead atoms. The number of hydrogen-bond donors (Lipinski definition) is 1. The van der Waals surface area contributed by atoms with Crippen molar-refractivity contribution in [1.29, 1.82) is 0 Å². The molecule has 0 aliphatic heterocycles. The van der Waals surface area contributed by atoms with Gasteiger partial charge in [-0.1, -0.05) is 6.92 Å². The van der Waals surface area contributed by atoms with Gasteiger partial charge < -0.3 is 18.6 Å². The molecule has 17 heavy (non-hydrogen) atoms. The van der Waals surface area contributed by atoms with Crippen LogP contribution < -0.4 is 5.32 Å². The normalized spacial score (nSPS) is 13.5. The highest BCUT2D eigenvalue weighted by Gasteiger charge is 2.49. The fraction of sp³-hybridized carbons (Fsp3) is 0.909. The lowest BCUT2D eigenvalue weighted by Crippen LogP contribution is -2.62. The standard InChI is InChI=1S/C11H25NO4Si/c1-6-11(12-10(5)13)17(14-7-2,15-8-3)16-9-4/h11H,6-9H2,1-5H3,(H,12,13). The van der Waals surface area contributed by atoms with Gasteiger partial charge in [-0.25, -0.2) is 0 Å². The van der Waals surface area contributed by atoms with Crippen LogP contribution in [0.5, 0.6) is 0 Å². The van der Waals surface area contributed by atoms with Crippen molar-refractivity contribution in [3.63, 3.8) is 0 Å². The van der Waals surface area contributed by atoms with Crippen LogP contribution in [0.25, 0.3) is 0 Å². The number of carbonyl (C=O) groups is 1. The topological polar surface area (TPSA) is 56.8 Å². The van der Waals surface area contributed by atoms with Gasteiger partial charge >= 0.3 is 8.80 Å². The van der Waals surface area contributed by atoms with Crippen molar-refractivity contribution >= 4 is 14.7 Å². The molecule has 1 atom stereocenters. The molecule has 0 aromatic rings. The average Bonchev–Trinajstić information content (AvgIpc) is 2.26. The smallest absolute Gasteiger partial charge is 0.373 e. The highest BCUT2D eigenvalue weighted by molar-refractivity contribution is 6.62. The molecule has 0 rings (SSSR count). The third kappa shape index (κ3) is 5.16. The summed E-state index contributed by atoms with van der Waals surface area (Å²) in [6.07, 6.45) is 0.728. The number of carbonyl (C=O) groups excluding carboxylic acids is 1. The molecule has 5 nitrogen and oxygen atoms in total. The van der Waals surface area contributed by atoms with Gasteiger partial charge in [-0.15, -0.1) is 0 Å². The van der Waals surface area contributed by atoms with Crippen LogP contribution in [0.2, 0.25) is 0 Å². The average molecular weight is 263 g/mol. The van der Waals surface area contributed by atoms with Crippen molar-refractivity contribution in [2.45, 2.75) is 46.7 Å². The molecule has 0 saturated carbocycles. The third-order valence-corrected chi connectivity index (χ3v) is 5.73. The summed E-state index contributed by atoms with van der Waals surface area (Å²) < 4.78 is 17.2. The van der Waals surface area contributed by atoms with Crippen molar-refractivity contribution in [3.05, 3.63) is 0 Å². The van der Waals surface area contributed by atoms with Gasteiger partial charge in [0.05, 0.1) is 5.67 Å². The summed E-state index contributed by atoms with van der Waals surface area (Å²) >= 11 is 0. The Hall–Kier alpha value is -0.433. The Bertz CT molecular complexity index is 208. The minimum absolute atomic E-state index is 0.0900. The molecule has 0 radical (unpaired) electrons. The molecule has 0 fully saturated rings. The van der Waals surface area contributed by atoms with E-state index in [2.05, 4.69) is 5.32 Å². The van der Waals surface area contributed by atoms with E-state index in [1.54, 1.807) is 0 Å². The van der Waals surface area contributed by atoms with E-state index in [9.17, 15) is 4.79 Å². The summed E-state index contributed by atoms with van der Waals surface area (Å²) in [5.41, 5.74) is -0.181. The Kier molecular flexibility index (Phi) is 8.41. The molecule has 0 spiro atoms. The minimum atomic E-state index is -2.82. The molecule has 0 aromatic carbocycles. The Labute approximate surface area is 105 Å². The Morgan fingerprint density at radius 1 is 1.06 bits per heavy atom. The number of rotatable bonds is 9. The molecular weight excluding hydrogens is 238 g/mol. The van der Waals surface area contributed by atoms with Gasteiger partial charge in [-0.3, -0.25) is 4.79 Å². The first kappa shape index (κ1) is 16.6. The van der Waals surface area contributed by atoms with Crippen molar-refractivity contribution in [1.82, 2.24) is 5.32 Å². The van der Waals surface area contributed by atoms with Crippen molar-refractivity contribution < 1.29 is 18.1 Å². The maximum absolute atomic E-state index is 11.2. The first-order chi connectivity index (χ1) is 8.06. The van der Waals surface area contributed by atoms with Gasteiger partial charge in [0.1, 0.15) is 0 Å². The van der Waals surface area contributed by atoms with Crippen LogP contribution in [0.4, 0.5) is 0 Å². The second-order valence-corrected chi connectivity index (χ2v) is 6.33. The van der Waals surface area contributed by atoms with Crippen LogP contribution >= 0.6 is 0 Å². The summed E-state index contributed by atoms with van der Waals surface area (Å²) in [6.45, 7) is 10.7. The van der Waals surface area contributed by atoms with Crippen LogP contribution in [0, 0.1) is 0 Å². The van der Waals surface area contributed by atoms with Crippen molar-refractivity contribution in [3.8, 4) is 0 Å². The largest absolute Gasteiger partial charge is 0.524 e. The molecule has 1 N–H and O–H groups in total. The van der Waals surface area contributed by atoms with E-state index < -0.39 is 8.80 Å². The summed E-state index contributed by atoms with van der Waals surface area (Å²) in [6, 6.07) is 0. The van der Waals surface area contributed by atoms with Gasteiger partial charge in [-0.05, 0) is 27.2 Å². The summed E-state index contributed by atoms with van der Waals surface area (Å²) in [5, 5.41) is 2.87. The van der Waals surface area contributed by atoms with Gasteiger partial charge in [0.25, 0.3) is 0 Å². The molecule has 0 heterocycles. The fourth-order valence-electron chi connectivity index (χ4n) is 1.72. The van der Waals surface area contributed by atoms with E-state index in [1.165, 1.54) is 6.92 Å². The van der Waals surface area contributed by atoms with E-state index >= 15 is 0 Å². The zero-order chi connectivity index (χ0) is 13.3. The number of amides is 1. The first-order valence-electron chi connectivity index (χ1n) is 6.25. The SMILES string of the molecule is CCO[Si](OCC)(OCC)C(CC)NC(C)=O. The molecule has 102 valence electrons. The van der Waals surface area contributed by atoms with E-state index in [-0.39, 0.29) is 11.6 Å². The Balaban J connectivity index is 4.96. The maximum atomic E-state index is 11.2. The highest BCUT2D eigenvalue weighted by Crippen LogP contribution is 2.17. The van der Waals surface area contributed by atoms with Gasteiger partial charge in [0.2, 0.25) is 5.91 Å². The van der Waals surface area contributed by atoms with Crippen molar-refractivity contribution in [2.24, 2.45) is 0 Å². The van der Waals surface area contributed by atoms with Crippen LogP contribution in [-0.2, 0) is 18.1 Å². The molecule has 0 aliphatic carbocycles. The summed E-state index contributed by atoms with van der Waals surface area (Å²) in [4.78, 5) is 11.2. The van der Waals surface area contributed by atoms with E-state index in [0.29, 0.717) is 19.8 Å². The molecule has 0 aromatic heterocycles. The lowest BCUT2D eigenvalue weighted by Gasteiger charge is -2.34. The molecule has 1 unspecified atom stereocenters. The van der Waals surface area contributed by atoms with E-state index in [4.69, 9.17) is 13.3 Å². The molecular formula is C11H25NO4Si. The van der Waals surface area contributed by atoms with Gasteiger partial charge in [0, 0.05) is 26.7 Å². The lowest BCUT2D eigenvalue weighted by atomic mass is 10.4. The highest BCUT2D eigenvalue weighted by atomic mass is 28.4. The second-order valence-electron chi connectivity index (χ2n) is 3.56. The lowest BCUT2D eigenvalue weighted by molar-refractivity contribution is -0.119. The van der Waals surface area contributed by atoms with Gasteiger partial charge in [0.15, 0.2) is 0 Å². The maximum Gasteiger partial charge on any atom is 0.524 e. The predicted molar refractivity (Wildman–Crippen MR) is 68.5 cm³/mol. The number of nitrogens with one attached hydrogen (secondary N) is 1. The Morgan fingerprint density at radius 2 is 1.47 bits per heavy atom. The van der Waals surface area contributed by atoms with E-state index in [1.807, 2.05) is 27.7 Å². The van der Waals surface area contributed by atoms with Crippen LogP contribution in [0.3, 0.4) is 0 Å². The molecule has 0 saturated heterocycles. The quantitative estimate of drug-likeness (QED) is 0.640. The zero-order valence-electron chi connectivity index (χ0n) is 11.5. The minimum Gasteiger partial charge on any atom is -0.373 e. The predicted octanol–water partition coefficient (Wildman–Crippen LogP) is 1.49. The summed E-state index contributed by atoms with van der Waals surface area (Å²) in [7, 11) is -2.82. The van der Waals surface area contributed by atoms with Crippen LogP contribution in [-0.4, -0.2) is 40.2 Å². The van der Waals surface area contributed by atoms with Crippen molar-refractivity contribution in [2.75, 3.05) is 19.8 Å². The van der Waals surface area contributed by atoms with Crippen LogP contribution in [0.1, 0.15) is 41.0 Å². The first-order valence-corrected chi connectivity index (χ1v) is 8.05. The monoisotopic (exact) mass is 263 g/mol. The van der Waals surface area contributed by atoms with E-state index in [0.717, 1.165) is 6.42 Å². The molecule has 0 aliphatic rings. The fourth-order valence-corrected chi connectivity index (χ4v) is 4.66. The number of hydrogen-bond acceptors (Lipinski definition) is 4. The molecule has 6 heteroatoms. The molecule has 1 amide bonds. The third-order valence-electron chi connectivity index (χ3n) is 2.25. The zero-order valence-corrected chi connectivity index (χ0v) is 12.5. The van der Waals surface area contributed by atoms with Gasteiger partial charge in [-0.2, -0.15) is 0 Å². The summed E-state index contributed by atoms with van der Waals surface area (Å²) in [5.74, 6) is -0.0900.